The van der Waals surface area contributed by atoms with Crippen LogP contribution in [0.15, 0.2) is 41.1 Å². The van der Waals surface area contributed by atoms with Gasteiger partial charge in [-0.15, -0.1) is 0 Å². The highest BCUT2D eigenvalue weighted by molar-refractivity contribution is 7.07. The third kappa shape index (κ3) is 7.22. The highest BCUT2D eigenvalue weighted by Gasteiger charge is 2.14. The lowest BCUT2D eigenvalue weighted by Crippen LogP contribution is -2.36. The fourth-order valence-electron chi connectivity index (χ4n) is 2.39. The van der Waals surface area contributed by atoms with Crippen molar-refractivity contribution in [3.63, 3.8) is 0 Å². The smallest absolute Gasteiger partial charge is 0.119 e. The number of rotatable bonds is 10. The van der Waals surface area contributed by atoms with Crippen LogP contribution in [0.2, 0.25) is 5.02 Å². The fourth-order valence-corrected chi connectivity index (χ4v) is 3.18. The molecule has 5 heteroatoms. The first-order chi connectivity index (χ1) is 11.5. The monoisotopic (exact) mass is 367 g/mol. The van der Waals surface area contributed by atoms with E-state index in [2.05, 4.69) is 35.6 Å². The van der Waals surface area contributed by atoms with Gasteiger partial charge in [0.2, 0.25) is 0 Å². The molecule has 0 radical (unpaired) electrons. The maximum absolute atomic E-state index is 10.3. The first-order valence-corrected chi connectivity index (χ1v) is 9.65. The summed E-state index contributed by atoms with van der Waals surface area (Å²) in [5.74, 6) is 1.38. The van der Waals surface area contributed by atoms with E-state index in [-0.39, 0.29) is 6.61 Å². The molecular formula is C19H26ClNO2S. The van der Waals surface area contributed by atoms with Crippen molar-refractivity contribution in [2.75, 3.05) is 19.7 Å². The van der Waals surface area contributed by atoms with Crippen LogP contribution in [-0.4, -0.2) is 35.8 Å². The zero-order valence-electron chi connectivity index (χ0n) is 14.3. The third-order valence-corrected chi connectivity index (χ3v) is 4.72. The Hall–Kier alpha value is -1.07. The van der Waals surface area contributed by atoms with Gasteiger partial charge in [0, 0.05) is 18.1 Å². The topological polar surface area (TPSA) is 32.7 Å². The highest BCUT2D eigenvalue weighted by Crippen LogP contribution is 2.16. The molecular weight excluding hydrogens is 342 g/mol. The van der Waals surface area contributed by atoms with Gasteiger partial charge < -0.3 is 9.84 Å². The number of ether oxygens (including phenoxy) is 1. The average Bonchev–Trinajstić information content (AvgIpc) is 3.05. The van der Waals surface area contributed by atoms with Gasteiger partial charge in [0.25, 0.3) is 0 Å². The predicted octanol–water partition coefficient (Wildman–Crippen LogP) is 4.69. The minimum absolute atomic E-state index is 0.281. The van der Waals surface area contributed by atoms with Crippen molar-refractivity contribution in [1.29, 1.82) is 0 Å². The van der Waals surface area contributed by atoms with Crippen LogP contribution in [0.4, 0.5) is 0 Å². The lowest BCUT2D eigenvalue weighted by atomic mass is 10.1. The maximum Gasteiger partial charge on any atom is 0.119 e. The van der Waals surface area contributed by atoms with Gasteiger partial charge in [0.15, 0.2) is 0 Å². The number of aliphatic hydroxyl groups is 1. The molecule has 1 heterocycles. The zero-order chi connectivity index (χ0) is 17.4. The van der Waals surface area contributed by atoms with Crippen LogP contribution in [0, 0.1) is 5.92 Å². The zero-order valence-corrected chi connectivity index (χ0v) is 15.9. The minimum atomic E-state index is -0.522. The summed E-state index contributed by atoms with van der Waals surface area (Å²) < 4.78 is 5.65. The summed E-state index contributed by atoms with van der Waals surface area (Å²) in [6.07, 6.45) is 0.598. The molecule has 1 atom stereocenters. The minimum Gasteiger partial charge on any atom is -0.491 e. The van der Waals surface area contributed by atoms with Gasteiger partial charge in [0.1, 0.15) is 18.5 Å². The van der Waals surface area contributed by atoms with Crippen LogP contribution < -0.4 is 4.74 Å². The Labute approximate surface area is 153 Å². The molecule has 0 saturated heterocycles. The second kappa shape index (κ2) is 10.0. The van der Waals surface area contributed by atoms with Crippen LogP contribution in [0.1, 0.15) is 25.8 Å². The number of hydrogen-bond acceptors (Lipinski definition) is 4. The molecule has 0 aliphatic rings. The number of halogens is 1. The van der Waals surface area contributed by atoms with Crippen LogP contribution in [0.25, 0.3) is 0 Å². The summed E-state index contributed by atoms with van der Waals surface area (Å²) in [4.78, 5) is 2.30. The molecule has 0 aliphatic heterocycles. The molecule has 2 rings (SSSR count). The fraction of sp³-hybridized carbons (Fsp3) is 0.474. The van der Waals surface area contributed by atoms with Crippen LogP contribution >= 0.6 is 22.9 Å². The summed E-state index contributed by atoms with van der Waals surface area (Å²) in [7, 11) is 0. The van der Waals surface area contributed by atoms with E-state index in [0.29, 0.717) is 17.5 Å². The number of benzene rings is 1. The maximum atomic E-state index is 10.3. The Morgan fingerprint density at radius 3 is 2.58 bits per heavy atom. The predicted molar refractivity (Wildman–Crippen MR) is 102 cm³/mol. The van der Waals surface area contributed by atoms with Gasteiger partial charge >= 0.3 is 0 Å². The van der Waals surface area contributed by atoms with Crippen molar-refractivity contribution in [3.8, 4) is 5.75 Å². The molecule has 0 spiro atoms. The van der Waals surface area contributed by atoms with Crippen molar-refractivity contribution < 1.29 is 9.84 Å². The van der Waals surface area contributed by atoms with Crippen LogP contribution in [-0.2, 0) is 6.54 Å². The molecule has 0 amide bonds. The summed E-state index contributed by atoms with van der Waals surface area (Å²) in [5, 5.41) is 15.3. The van der Waals surface area contributed by atoms with Crippen molar-refractivity contribution in [2.24, 2.45) is 5.92 Å². The lowest BCUT2D eigenvalue weighted by Gasteiger charge is -2.25. The van der Waals surface area contributed by atoms with E-state index in [9.17, 15) is 5.11 Å². The molecule has 24 heavy (non-hydrogen) atoms. The van der Waals surface area contributed by atoms with E-state index < -0.39 is 6.10 Å². The molecule has 1 aromatic heterocycles. The lowest BCUT2D eigenvalue weighted by molar-refractivity contribution is 0.0640. The molecule has 0 unspecified atom stereocenters. The van der Waals surface area contributed by atoms with E-state index in [1.807, 2.05) is 12.1 Å². The molecule has 1 N–H and O–H groups in total. The molecule has 3 nitrogen and oxygen atoms in total. The quantitative estimate of drug-likeness (QED) is 0.661. The Morgan fingerprint density at radius 2 is 1.96 bits per heavy atom. The average molecular weight is 368 g/mol. The number of hydrogen-bond donors (Lipinski definition) is 1. The molecule has 0 aliphatic carbocycles. The SMILES string of the molecule is CC(C)CCN(Cc1ccsc1)C[C@H](O)COc1ccc(Cl)cc1. The van der Waals surface area contributed by atoms with E-state index in [1.54, 1.807) is 23.5 Å². The molecule has 0 bridgehead atoms. The Kier molecular flexibility index (Phi) is 8.06. The first-order valence-electron chi connectivity index (χ1n) is 8.33. The van der Waals surface area contributed by atoms with Crippen molar-refractivity contribution in [2.45, 2.75) is 32.9 Å². The first kappa shape index (κ1) is 19.3. The Morgan fingerprint density at radius 1 is 1.21 bits per heavy atom. The molecule has 2 aromatic rings. The third-order valence-electron chi connectivity index (χ3n) is 3.73. The summed E-state index contributed by atoms with van der Waals surface area (Å²) >= 11 is 7.57. The second-order valence-electron chi connectivity index (χ2n) is 6.47. The van der Waals surface area contributed by atoms with Gasteiger partial charge in [0.05, 0.1) is 0 Å². The summed E-state index contributed by atoms with van der Waals surface area (Å²) in [6.45, 7) is 7.19. The number of thiophene rings is 1. The highest BCUT2D eigenvalue weighted by atomic mass is 35.5. The number of aliphatic hydroxyl groups excluding tert-OH is 1. The molecule has 0 fully saturated rings. The Balaban J connectivity index is 1.83. The molecule has 132 valence electrons. The largest absolute Gasteiger partial charge is 0.491 e. The summed E-state index contributed by atoms with van der Waals surface area (Å²) in [6, 6.07) is 9.35. The van der Waals surface area contributed by atoms with E-state index in [1.165, 1.54) is 5.56 Å². The van der Waals surface area contributed by atoms with Crippen molar-refractivity contribution in [1.82, 2.24) is 4.90 Å². The van der Waals surface area contributed by atoms with E-state index >= 15 is 0 Å². The van der Waals surface area contributed by atoms with Gasteiger partial charge in [-0.1, -0.05) is 25.4 Å². The van der Waals surface area contributed by atoms with Gasteiger partial charge in [-0.3, -0.25) is 4.90 Å². The standard InChI is InChI=1S/C19H26ClNO2S/c1-15(2)7-9-21(11-16-8-10-24-14-16)12-18(22)13-23-19-5-3-17(20)4-6-19/h3-6,8,10,14-15,18,22H,7,9,11-13H2,1-2H3/t18-/m0/s1. The van der Waals surface area contributed by atoms with Crippen LogP contribution in [0.5, 0.6) is 5.75 Å². The van der Waals surface area contributed by atoms with Crippen molar-refractivity contribution in [3.05, 3.63) is 51.7 Å². The van der Waals surface area contributed by atoms with Gasteiger partial charge in [-0.25, -0.2) is 0 Å². The number of nitrogens with zero attached hydrogens (tertiary/aromatic N) is 1. The van der Waals surface area contributed by atoms with E-state index in [4.69, 9.17) is 16.3 Å². The summed E-state index contributed by atoms with van der Waals surface area (Å²) in [5.41, 5.74) is 1.30. The van der Waals surface area contributed by atoms with Crippen molar-refractivity contribution >= 4 is 22.9 Å². The second-order valence-corrected chi connectivity index (χ2v) is 7.68. The van der Waals surface area contributed by atoms with Crippen LogP contribution in [0.3, 0.4) is 0 Å². The van der Waals surface area contributed by atoms with Gasteiger partial charge in [-0.05, 0) is 65.5 Å². The molecule has 0 saturated carbocycles. The van der Waals surface area contributed by atoms with Gasteiger partial charge in [-0.2, -0.15) is 11.3 Å². The van der Waals surface area contributed by atoms with E-state index in [0.717, 1.165) is 25.3 Å². The normalized spacial score (nSPS) is 12.8. The Bertz CT molecular complexity index is 572. The molecule has 1 aromatic carbocycles.